The molecule has 0 spiro atoms. The lowest BCUT2D eigenvalue weighted by Gasteiger charge is -2.31. The lowest BCUT2D eigenvalue weighted by atomic mass is 10.1. The summed E-state index contributed by atoms with van der Waals surface area (Å²) < 4.78 is 0. The van der Waals surface area contributed by atoms with Crippen LogP contribution in [0.3, 0.4) is 0 Å². The normalized spacial score (nSPS) is 19.2. The highest BCUT2D eigenvalue weighted by Crippen LogP contribution is 2.24. The molecule has 2 aliphatic rings. The Balaban J connectivity index is 1.84. The molecule has 0 bridgehead atoms. The molecule has 6 heteroatoms. The van der Waals surface area contributed by atoms with Crippen molar-refractivity contribution in [1.82, 2.24) is 15.1 Å². The first-order valence-corrected chi connectivity index (χ1v) is 9.34. The minimum absolute atomic E-state index is 0.0275. The highest BCUT2D eigenvalue weighted by Gasteiger charge is 2.39. The summed E-state index contributed by atoms with van der Waals surface area (Å²) in [5, 5.41) is 2.90. The van der Waals surface area contributed by atoms with Crippen molar-refractivity contribution in [2.45, 2.75) is 39.2 Å². The van der Waals surface area contributed by atoms with Crippen molar-refractivity contribution in [2.24, 2.45) is 4.99 Å². The molecule has 2 heterocycles. The number of fused-ring (bicyclic) bond motifs is 1. The van der Waals surface area contributed by atoms with Gasteiger partial charge in [-0.15, -0.1) is 0 Å². The Morgan fingerprint density at radius 2 is 2.00 bits per heavy atom. The van der Waals surface area contributed by atoms with E-state index >= 15 is 0 Å². The summed E-state index contributed by atoms with van der Waals surface area (Å²) in [7, 11) is 0. The molecule has 3 rings (SSSR count). The topological polar surface area (TPSA) is 65.0 Å². The number of amides is 3. The van der Waals surface area contributed by atoms with Crippen LogP contribution in [0.1, 0.15) is 32.3 Å². The van der Waals surface area contributed by atoms with Crippen molar-refractivity contribution in [3.8, 4) is 0 Å². The number of amidine groups is 1. The van der Waals surface area contributed by atoms with Gasteiger partial charge in [0.2, 0.25) is 0 Å². The van der Waals surface area contributed by atoms with Gasteiger partial charge in [0.25, 0.3) is 5.91 Å². The van der Waals surface area contributed by atoms with Gasteiger partial charge in [-0.1, -0.05) is 44.2 Å². The maximum Gasteiger partial charge on any atom is 0.329 e. The van der Waals surface area contributed by atoms with Crippen molar-refractivity contribution in [2.75, 3.05) is 19.6 Å². The van der Waals surface area contributed by atoms with Crippen molar-refractivity contribution in [3.63, 3.8) is 0 Å². The molecule has 26 heavy (non-hydrogen) atoms. The Labute approximate surface area is 154 Å². The highest BCUT2D eigenvalue weighted by atomic mass is 16.2. The van der Waals surface area contributed by atoms with Crippen molar-refractivity contribution in [3.05, 3.63) is 47.7 Å². The summed E-state index contributed by atoms with van der Waals surface area (Å²) in [6.07, 6.45) is 4.12. The third kappa shape index (κ3) is 3.79. The Hall–Kier alpha value is -2.63. The van der Waals surface area contributed by atoms with E-state index in [1.807, 2.05) is 32.0 Å². The van der Waals surface area contributed by atoms with Crippen molar-refractivity contribution < 1.29 is 9.59 Å². The third-order valence-corrected chi connectivity index (χ3v) is 4.52. The van der Waals surface area contributed by atoms with Gasteiger partial charge in [-0.05, 0) is 24.8 Å². The van der Waals surface area contributed by atoms with E-state index < -0.39 is 0 Å². The van der Waals surface area contributed by atoms with Crippen LogP contribution in [0.15, 0.2) is 47.1 Å². The summed E-state index contributed by atoms with van der Waals surface area (Å²) in [4.78, 5) is 33.4. The number of rotatable bonds is 7. The minimum Gasteiger partial charge on any atom is -0.352 e. The molecule has 3 amide bonds. The number of carbonyl (C=O) groups is 2. The lowest BCUT2D eigenvalue weighted by molar-refractivity contribution is -0.117. The number of urea groups is 1. The fourth-order valence-electron chi connectivity index (χ4n) is 3.28. The van der Waals surface area contributed by atoms with E-state index in [4.69, 9.17) is 4.99 Å². The number of aliphatic imine (C=N–C) groups is 1. The Kier molecular flexibility index (Phi) is 5.71. The number of nitrogens with one attached hydrogen (secondary N) is 1. The van der Waals surface area contributed by atoms with E-state index in [9.17, 15) is 9.59 Å². The zero-order valence-electron chi connectivity index (χ0n) is 15.4. The second-order valence-corrected chi connectivity index (χ2v) is 6.68. The number of hydrogen-bond donors (Lipinski definition) is 1. The highest BCUT2D eigenvalue weighted by molar-refractivity contribution is 6.25. The maximum absolute atomic E-state index is 12.8. The van der Waals surface area contributed by atoms with Gasteiger partial charge in [0.05, 0.1) is 18.2 Å². The zero-order chi connectivity index (χ0) is 18.5. The van der Waals surface area contributed by atoms with Crippen LogP contribution in [0.2, 0.25) is 0 Å². The molecule has 6 nitrogen and oxygen atoms in total. The molecule has 0 unspecified atom stereocenters. The number of hydrogen-bond acceptors (Lipinski definition) is 3. The molecule has 0 radical (unpaired) electrons. The van der Waals surface area contributed by atoms with Gasteiger partial charge in [-0.3, -0.25) is 19.6 Å². The van der Waals surface area contributed by atoms with Gasteiger partial charge in [0.15, 0.2) is 0 Å². The predicted octanol–water partition coefficient (Wildman–Crippen LogP) is 2.57. The van der Waals surface area contributed by atoms with Crippen molar-refractivity contribution in [1.29, 1.82) is 0 Å². The monoisotopic (exact) mass is 354 g/mol. The van der Waals surface area contributed by atoms with Crippen LogP contribution in [0, 0.1) is 0 Å². The van der Waals surface area contributed by atoms with Crippen LogP contribution >= 0.6 is 0 Å². The van der Waals surface area contributed by atoms with Gasteiger partial charge < -0.3 is 5.32 Å². The molecule has 0 aliphatic carbocycles. The van der Waals surface area contributed by atoms with E-state index in [1.54, 1.807) is 16.0 Å². The second kappa shape index (κ2) is 8.17. The van der Waals surface area contributed by atoms with E-state index in [0.29, 0.717) is 31.0 Å². The van der Waals surface area contributed by atoms with Gasteiger partial charge >= 0.3 is 6.03 Å². The summed E-state index contributed by atoms with van der Waals surface area (Å²) in [6, 6.07) is 10.00. The second-order valence-electron chi connectivity index (χ2n) is 6.68. The first-order valence-electron chi connectivity index (χ1n) is 9.34. The molecule has 0 aromatic heterocycles. The summed E-state index contributed by atoms with van der Waals surface area (Å²) >= 11 is 0. The molecule has 0 saturated carbocycles. The zero-order valence-corrected chi connectivity index (χ0v) is 15.4. The third-order valence-electron chi connectivity index (χ3n) is 4.52. The summed E-state index contributed by atoms with van der Waals surface area (Å²) in [6.45, 7) is 5.75. The average molecular weight is 354 g/mol. The largest absolute Gasteiger partial charge is 0.352 e. The van der Waals surface area contributed by atoms with Gasteiger partial charge in [0, 0.05) is 19.3 Å². The van der Waals surface area contributed by atoms with Crippen LogP contribution < -0.4 is 5.32 Å². The summed E-state index contributed by atoms with van der Waals surface area (Å²) in [5.41, 5.74) is 1.67. The van der Waals surface area contributed by atoms with Crippen LogP contribution in [-0.4, -0.2) is 53.2 Å². The van der Waals surface area contributed by atoms with Gasteiger partial charge in [-0.2, -0.15) is 0 Å². The molecule has 1 atom stereocenters. The van der Waals surface area contributed by atoms with Crippen LogP contribution in [0.5, 0.6) is 0 Å². The van der Waals surface area contributed by atoms with Crippen molar-refractivity contribution >= 4 is 17.8 Å². The van der Waals surface area contributed by atoms with E-state index in [1.165, 1.54) is 5.56 Å². The molecule has 0 fully saturated rings. The first kappa shape index (κ1) is 18.2. The number of nitrogens with zero attached hydrogens (tertiary/aromatic N) is 3. The first-order chi connectivity index (χ1) is 12.6. The predicted molar refractivity (Wildman–Crippen MR) is 102 cm³/mol. The molecular weight excluding hydrogens is 328 g/mol. The molecular formula is C20H26N4O2. The molecule has 2 aliphatic heterocycles. The number of carbonyl (C=O) groups excluding carboxylic acids is 2. The number of benzene rings is 1. The molecule has 1 aromatic rings. The molecule has 138 valence electrons. The minimum atomic E-state index is -0.162. The van der Waals surface area contributed by atoms with E-state index in [2.05, 4.69) is 17.4 Å². The average Bonchev–Trinajstić information content (AvgIpc) is 3.07. The lowest BCUT2D eigenvalue weighted by Crippen LogP contribution is -2.50. The van der Waals surface area contributed by atoms with E-state index in [0.717, 1.165) is 19.3 Å². The summed E-state index contributed by atoms with van der Waals surface area (Å²) in [5.74, 6) is 0.349. The Bertz CT molecular complexity index is 727. The maximum atomic E-state index is 12.8. The van der Waals surface area contributed by atoms with Crippen LogP contribution in [0.25, 0.3) is 0 Å². The fourth-order valence-corrected chi connectivity index (χ4v) is 3.28. The van der Waals surface area contributed by atoms with Gasteiger partial charge in [0.1, 0.15) is 5.84 Å². The Morgan fingerprint density at radius 1 is 1.23 bits per heavy atom. The smallest absolute Gasteiger partial charge is 0.329 e. The van der Waals surface area contributed by atoms with Crippen LogP contribution in [0.4, 0.5) is 4.79 Å². The standard InChI is InChI=1S/C20H26N4O2/c1-3-10-21-19(25)17-14-23(11-4-2)20(26)24-13-16(22-18(17)24)12-15-8-6-5-7-9-15/h5-9,14,16H,3-4,10-13H2,1-2H3,(H,21,25)/t16-/m1/s1. The molecule has 1 aromatic carbocycles. The molecule has 0 saturated heterocycles. The SMILES string of the molecule is CCCNC(=O)C1=CN(CCC)C(=O)N2C[C@@H](Cc3ccccc3)N=C12. The Morgan fingerprint density at radius 3 is 2.69 bits per heavy atom. The van der Waals surface area contributed by atoms with E-state index in [-0.39, 0.29) is 18.0 Å². The molecule has 1 N–H and O–H groups in total. The quantitative estimate of drug-likeness (QED) is 0.818. The van der Waals surface area contributed by atoms with Gasteiger partial charge in [-0.25, -0.2) is 4.79 Å². The fraction of sp³-hybridized carbons (Fsp3) is 0.450. The van der Waals surface area contributed by atoms with Crippen LogP contribution in [-0.2, 0) is 11.2 Å².